The van der Waals surface area contributed by atoms with Crippen molar-refractivity contribution in [2.24, 2.45) is 0 Å². The zero-order chi connectivity index (χ0) is 28.5. The van der Waals surface area contributed by atoms with Crippen LogP contribution in [0.1, 0.15) is 181 Å². The zero-order valence-corrected chi connectivity index (χ0v) is 26.4. The second kappa shape index (κ2) is 33.3. The smallest absolute Gasteiger partial charge is 0.306 e. The van der Waals surface area contributed by atoms with Gasteiger partial charge in [-0.2, -0.15) is 0 Å². The summed E-state index contributed by atoms with van der Waals surface area (Å²) in [5, 5.41) is 9.52. The van der Waals surface area contributed by atoms with Crippen molar-refractivity contribution >= 4 is 5.97 Å². The number of carbonyl (C=O) groups is 1. The third-order valence-corrected chi connectivity index (χ3v) is 7.57. The van der Waals surface area contributed by atoms with E-state index in [0.717, 1.165) is 19.3 Å². The summed E-state index contributed by atoms with van der Waals surface area (Å²) in [6.45, 7) is 5.30. The van der Waals surface area contributed by atoms with Gasteiger partial charge in [-0.25, -0.2) is 0 Å². The molecule has 0 amide bonds. The van der Waals surface area contributed by atoms with Gasteiger partial charge < -0.3 is 14.6 Å². The van der Waals surface area contributed by atoms with Crippen LogP contribution in [-0.2, 0) is 14.3 Å². The third kappa shape index (κ3) is 31.5. The Bertz CT molecular complexity index is 505. The van der Waals surface area contributed by atoms with E-state index < -0.39 is 6.10 Å². The monoisotopic (exact) mass is 553 g/mol. The molecule has 0 aliphatic heterocycles. The van der Waals surface area contributed by atoms with Crippen molar-refractivity contribution < 1.29 is 19.4 Å². The molecule has 0 aliphatic rings. The fourth-order valence-electron chi connectivity index (χ4n) is 4.98. The number of hydrogen-bond donors (Lipinski definition) is 1. The number of aliphatic hydroxyl groups is 1. The number of aliphatic hydroxyl groups excluding tert-OH is 1. The molecule has 1 N–H and O–H groups in total. The Morgan fingerprint density at radius 1 is 0.590 bits per heavy atom. The predicted octanol–water partition coefficient (Wildman–Crippen LogP) is 10.6. The summed E-state index contributed by atoms with van der Waals surface area (Å²) in [4.78, 5) is 12.1. The fourth-order valence-corrected chi connectivity index (χ4v) is 4.98. The van der Waals surface area contributed by atoms with Gasteiger partial charge in [0.05, 0.1) is 13.2 Å². The van der Waals surface area contributed by atoms with Gasteiger partial charge in [-0.1, -0.05) is 154 Å². The molecule has 0 aromatic rings. The molecule has 0 heterocycles. The molecule has 0 aromatic carbocycles. The number of hydrogen-bond acceptors (Lipinski definition) is 4. The van der Waals surface area contributed by atoms with Gasteiger partial charge in [0, 0.05) is 13.0 Å². The number of unbranched alkanes of at least 4 members (excludes halogenated alkanes) is 22. The minimum Gasteiger partial charge on any atom is -0.457 e. The van der Waals surface area contributed by atoms with Crippen molar-refractivity contribution in [3.05, 3.63) is 12.2 Å². The molecular formula is C35H68O4. The van der Waals surface area contributed by atoms with Gasteiger partial charge in [0.2, 0.25) is 0 Å². The molecule has 0 rings (SSSR count). The maximum Gasteiger partial charge on any atom is 0.306 e. The molecule has 232 valence electrons. The van der Waals surface area contributed by atoms with Crippen LogP contribution in [0.2, 0.25) is 0 Å². The average Bonchev–Trinajstić information content (AvgIpc) is 2.94. The van der Waals surface area contributed by atoms with E-state index >= 15 is 0 Å². The van der Waals surface area contributed by atoms with E-state index in [1.807, 2.05) is 0 Å². The lowest BCUT2D eigenvalue weighted by atomic mass is 10.0. The lowest BCUT2D eigenvalue weighted by molar-refractivity contribution is -0.154. The van der Waals surface area contributed by atoms with Gasteiger partial charge >= 0.3 is 5.97 Å². The first-order valence-corrected chi connectivity index (χ1v) is 17.3. The molecule has 0 aromatic heterocycles. The van der Waals surface area contributed by atoms with Crippen LogP contribution in [0.3, 0.4) is 0 Å². The van der Waals surface area contributed by atoms with E-state index in [9.17, 15) is 9.90 Å². The molecule has 39 heavy (non-hydrogen) atoms. The van der Waals surface area contributed by atoms with E-state index in [1.54, 1.807) is 0 Å². The van der Waals surface area contributed by atoms with Gasteiger partial charge in [0.15, 0.2) is 0 Å². The highest BCUT2D eigenvalue weighted by Crippen LogP contribution is 2.14. The maximum absolute atomic E-state index is 12.1. The van der Waals surface area contributed by atoms with Gasteiger partial charge in [-0.3, -0.25) is 4.79 Å². The topological polar surface area (TPSA) is 55.8 Å². The van der Waals surface area contributed by atoms with Gasteiger partial charge in [-0.05, 0) is 32.1 Å². The van der Waals surface area contributed by atoms with E-state index in [1.165, 1.54) is 141 Å². The Labute approximate surface area is 244 Å². The summed E-state index contributed by atoms with van der Waals surface area (Å²) in [7, 11) is 0. The van der Waals surface area contributed by atoms with Crippen LogP contribution in [0.4, 0.5) is 0 Å². The Balaban J connectivity index is 3.41. The molecule has 4 nitrogen and oxygen atoms in total. The quantitative estimate of drug-likeness (QED) is 0.0512. The molecule has 0 aliphatic carbocycles. The molecule has 0 bridgehead atoms. The summed E-state index contributed by atoms with van der Waals surface area (Å²) < 4.78 is 11.1. The highest BCUT2D eigenvalue weighted by molar-refractivity contribution is 5.69. The van der Waals surface area contributed by atoms with E-state index in [2.05, 4.69) is 26.0 Å². The summed E-state index contributed by atoms with van der Waals surface area (Å²) in [6, 6.07) is 0. The minimum atomic E-state index is -0.528. The molecule has 0 radical (unpaired) electrons. The van der Waals surface area contributed by atoms with Crippen LogP contribution in [0.15, 0.2) is 12.2 Å². The van der Waals surface area contributed by atoms with Crippen LogP contribution in [0.25, 0.3) is 0 Å². The minimum absolute atomic E-state index is 0.169. The number of esters is 1. The van der Waals surface area contributed by atoms with Crippen molar-refractivity contribution in [2.45, 2.75) is 187 Å². The Morgan fingerprint density at radius 2 is 1.05 bits per heavy atom. The fraction of sp³-hybridized carbons (Fsp3) is 0.914. The molecule has 0 fully saturated rings. The molecular weight excluding hydrogens is 484 g/mol. The molecule has 0 saturated carbocycles. The number of ether oxygens (including phenoxy) is 2. The van der Waals surface area contributed by atoms with Crippen molar-refractivity contribution in [2.75, 3.05) is 19.8 Å². The maximum atomic E-state index is 12.1. The lowest BCUT2D eigenvalue weighted by Crippen LogP contribution is -2.27. The highest BCUT2D eigenvalue weighted by atomic mass is 16.6. The third-order valence-electron chi connectivity index (χ3n) is 7.57. The second-order valence-corrected chi connectivity index (χ2v) is 11.6. The van der Waals surface area contributed by atoms with Crippen LogP contribution < -0.4 is 0 Å². The summed E-state index contributed by atoms with van der Waals surface area (Å²) >= 11 is 0. The normalized spacial score (nSPS) is 12.4. The van der Waals surface area contributed by atoms with Crippen molar-refractivity contribution in [3.8, 4) is 0 Å². The van der Waals surface area contributed by atoms with Crippen LogP contribution >= 0.6 is 0 Å². The first-order valence-electron chi connectivity index (χ1n) is 17.3. The number of rotatable bonds is 32. The Kier molecular flexibility index (Phi) is 32.6. The summed E-state index contributed by atoms with van der Waals surface area (Å²) in [5.74, 6) is -0.201. The summed E-state index contributed by atoms with van der Waals surface area (Å²) in [6.07, 6.45) is 36.7. The summed E-state index contributed by atoms with van der Waals surface area (Å²) in [5.41, 5.74) is 0. The van der Waals surface area contributed by atoms with Crippen molar-refractivity contribution in [1.82, 2.24) is 0 Å². The van der Waals surface area contributed by atoms with E-state index in [0.29, 0.717) is 19.6 Å². The second-order valence-electron chi connectivity index (χ2n) is 11.6. The Hall–Kier alpha value is -0.870. The lowest BCUT2D eigenvalue weighted by Gasteiger charge is -2.15. The largest absolute Gasteiger partial charge is 0.457 e. The highest BCUT2D eigenvalue weighted by Gasteiger charge is 2.13. The predicted molar refractivity (Wildman–Crippen MR) is 168 cm³/mol. The van der Waals surface area contributed by atoms with Crippen LogP contribution in [0.5, 0.6) is 0 Å². The standard InChI is InChI=1S/C35H68O4/c1-3-5-7-9-11-13-15-16-17-18-19-20-22-24-26-28-30-35(37)39-34(32-36)33-38-31-29-27-25-23-21-14-12-10-8-6-4-2/h8,10,34,36H,3-7,9,11-33H2,1-2H3/b10-8-. The van der Waals surface area contributed by atoms with Crippen LogP contribution in [-0.4, -0.2) is 37.0 Å². The van der Waals surface area contributed by atoms with E-state index in [-0.39, 0.29) is 12.6 Å². The SMILES string of the molecule is CCC/C=C\CCCCCCCCOCC(CO)OC(=O)CCCCCCCCCCCCCCCCCC. The first-order chi connectivity index (χ1) is 19.2. The average molecular weight is 553 g/mol. The molecule has 1 unspecified atom stereocenters. The number of allylic oxidation sites excluding steroid dienone is 2. The molecule has 4 heteroatoms. The van der Waals surface area contributed by atoms with E-state index in [4.69, 9.17) is 9.47 Å². The molecule has 1 atom stereocenters. The van der Waals surface area contributed by atoms with Crippen molar-refractivity contribution in [1.29, 1.82) is 0 Å². The Morgan fingerprint density at radius 3 is 1.56 bits per heavy atom. The van der Waals surface area contributed by atoms with Gasteiger partial charge in [0.25, 0.3) is 0 Å². The van der Waals surface area contributed by atoms with Crippen molar-refractivity contribution in [3.63, 3.8) is 0 Å². The zero-order valence-electron chi connectivity index (χ0n) is 26.4. The molecule has 0 spiro atoms. The van der Waals surface area contributed by atoms with Crippen LogP contribution in [0, 0.1) is 0 Å². The van der Waals surface area contributed by atoms with Gasteiger partial charge in [0.1, 0.15) is 6.10 Å². The van der Waals surface area contributed by atoms with Gasteiger partial charge in [-0.15, -0.1) is 0 Å². The first kappa shape index (κ1) is 38.1. The molecule has 0 saturated heterocycles. The number of carbonyl (C=O) groups excluding carboxylic acids is 1.